The van der Waals surface area contributed by atoms with Crippen molar-refractivity contribution in [2.45, 2.75) is 25.0 Å². The Kier molecular flexibility index (Phi) is 9.20. The van der Waals surface area contributed by atoms with Gasteiger partial charge in [0.2, 0.25) is 11.8 Å². The van der Waals surface area contributed by atoms with Crippen LogP contribution in [0.5, 0.6) is 0 Å². The molecule has 3 N–H and O–H groups in total. The predicted molar refractivity (Wildman–Crippen MR) is 148 cm³/mol. The number of benzene rings is 3. The van der Waals surface area contributed by atoms with E-state index in [0.29, 0.717) is 24.2 Å². The molecule has 11 heteroatoms. The van der Waals surface area contributed by atoms with E-state index >= 15 is 0 Å². The average molecular weight is 547 g/mol. The molecule has 0 saturated heterocycles. The number of carbonyl (C=O) groups excluding carboxylic acids is 4. The first kappa shape index (κ1) is 28.4. The first-order valence-corrected chi connectivity index (χ1v) is 12.7. The van der Waals surface area contributed by atoms with Crippen LogP contribution in [0.3, 0.4) is 0 Å². The number of anilines is 2. The fraction of sp³-hybridized carbons (Fsp3) is 0.276. The lowest BCUT2D eigenvalue weighted by Gasteiger charge is -2.25. The number of carboxylic acid groups (broad SMARTS) is 1. The maximum atomic E-state index is 13.9. The second-order valence-corrected chi connectivity index (χ2v) is 9.37. The third-order valence-corrected chi connectivity index (χ3v) is 6.53. The molecule has 0 saturated carbocycles. The number of amides is 3. The molecule has 1 aliphatic heterocycles. The smallest absolute Gasteiger partial charge is 0.305 e. The van der Waals surface area contributed by atoms with Gasteiger partial charge in [0.25, 0.3) is 5.91 Å². The zero-order valence-electron chi connectivity index (χ0n) is 21.9. The Bertz CT molecular complexity index is 1430. The molecule has 3 aromatic carbocycles. The van der Waals surface area contributed by atoms with Gasteiger partial charge in [0.05, 0.1) is 30.4 Å². The summed E-state index contributed by atoms with van der Waals surface area (Å²) >= 11 is 0. The van der Waals surface area contributed by atoms with Crippen LogP contribution in [0.15, 0.2) is 66.7 Å². The maximum absolute atomic E-state index is 13.9. The quantitative estimate of drug-likeness (QED) is 0.307. The van der Waals surface area contributed by atoms with Crippen molar-refractivity contribution < 1.29 is 33.8 Å². The van der Waals surface area contributed by atoms with E-state index in [1.54, 1.807) is 24.3 Å². The number of nitrogens with one attached hydrogen (secondary N) is 2. The number of carbonyl (C=O) groups is 5. The van der Waals surface area contributed by atoms with Crippen LogP contribution >= 0.6 is 0 Å². The van der Waals surface area contributed by atoms with Crippen molar-refractivity contribution in [2.24, 2.45) is 0 Å². The first-order valence-electron chi connectivity index (χ1n) is 12.7. The van der Waals surface area contributed by atoms with Crippen LogP contribution in [0, 0.1) is 0 Å². The summed E-state index contributed by atoms with van der Waals surface area (Å²) in [5.41, 5.74) is 1.66. The zero-order valence-corrected chi connectivity index (χ0v) is 21.9. The average Bonchev–Trinajstić information content (AvgIpc) is 3.06. The van der Waals surface area contributed by atoms with Crippen molar-refractivity contribution in [3.63, 3.8) is 0 Å². The van der Waals surface area contributed by atoms with Crippen molar-refractivity contribution in [3.8, 4) is 0 Å². The third-order valence-electron chi connectivity index (χ3n) is 6.53. The number of carboxylic acids is 1. The van der Waals surface area contributed by atoms with Gasteiger partial charge < -0.3 is 30.2 Å². The molecule has 40 heavy (non-hydrogen) atoms. The van der Waals surface area contributed by atoms with Crippen LogP contribution in [0.25, 0.3) is 10.8 Å². The highest BCUT2D eigenvalue weighted by Crippen LogP contribution is 2.33. The van der Waals surface area contributed by atoms with Crippen LogP contribution in [0.4, 0.5) is 11.4 Å². The minimum absolute atomic E-state index is 0.0142. The molecular formula is C29H30N4O7. The summed E-state index contributed by atoms with van der Waals surface area (Å²) in [6.07, 6.45) is -0.252. The number of aliphatic carboxylic acids is 1. The lowest BCUT2D eigenvalue weighted by molar-refractivity contribution is -0.139. The van der Waals surface area contributed by atoms with Crippen molar-refractivity contribution in [1.82, 2.24) is 10.6 Å². The number of nitrogens with zero attached hydrogens (tertiary/aromatic N) is 2. The number of para-hydroxylation sites is 2. The van der Waals surface area contributed by atoms with E-state index in [-0.39, 0.29) is 19.1 Å². The van der Waals surface area contributed by atoms with E-state index in [1.807, 2.05) is 42.5 Å². The lowest BCUT2D eigenvalue weighted by Crippen LogP contribution is -2.53. The molecule has 0 aliphatic carbocycles. The summed E-state index contributed by atoms with van der Waals surface area (Å²) < 4.78 is 5.07. The van der Waals surface area contributed by atoms with Gasteiger partial charge in [0.15, 0.2) is 0 Å². The molecule has 1 heterocycles. The molecular weight excluding hydrogens is 516 g/mol. The van der Waals surface area contributed by atoms with Gasteiger partial charge in [-0.3, -0.25) is 24.1 Å². The molecule has 2 atom stereocenters. The first-order chi connectivity index (χ1) is 19.3. The summed E-state index contributed by atoms with van der Waals surface area (Å²) in [6, 6.07) is 18.4. The zero-order chi connectivity index (χ0) is 28.6. The number of rotatable bonds is 11. The number of hydrogen-bond donors (Lipinski definition) is 3. The third kappa shape index (κ3) is 6.68. The summed E-state index contributed by atoms with van der Waals surface area (Å²) in [7, 11) is 1.40. The maximum Gasteiger partial charge on any atom is 0.305 e. The molecule has 11 nitrogen and oxygen atoms in total. The van der Waals surface area contributed by atoms with Crippen LogP contribution in [0.1, 0.15) is 12.0 Å². The fourth-order valence-corrected chi connectivity index (χ4v) is 4.65. The van der Waals surface area contributed by atoms with Gasteiger partial charge in [0, 0.05) is 13.7 Å². The van der Waals surface area contributed by atoms with Gasteiger partial charge in [0.1, 0.15) is 25.5 Å². The number of fused-ring (bicyclic) bond motifs is 2. The number of hydrogen-bond acceptors (Lipinski definition) is 7. The van der Waals surface area contributed by atoms with Gasteiger partial charge in [-0.15, -0.1) is 0 Å². The van der Waals surface area contributed by atoms with E-state index in [1.165, 1.54) is 16.9 Å². The Hall–Kier alpha value is -4.61. The molecule has 3 amide bonds. The summed E-state index contributed by atoms with van der Waals surface area (Å²) in [6.45, 7) is -0.396. The monoisotopic (exact) mass is 546 g/mol. The Morgan fingerprint density at radius 1 is 1.05 bits per heavy atom. The molecule has 208 valence electrons. The summed E-state index contributed by atoms with van der Waals surface area (Å²) in [4.78, 5) is 64.9. The van der Waals surface area contributed by atoms with E-state index in [9.17, 15) is 24.0 Å². The highest BCUT2D eigenvalue weighted by Gasteiger charge is 2.36. The molecule has 0 spiro atoms. The highest BCUT2D eigenvalue weighted by molar-refractivity contribution is 6.09. The second kappa shape index (κ2) is 13.0. The van der Waals surface area contributed by atoms with Crippen LogP contribution in [-0.4, -0.2) is 74.0 Å². The summed E-state index contributed by atoms with van der Waals surface area (Å²) in [5, 5.41) is 16.7. The van der Waals surface area contributed by atoms with E-state index in [4.69, 9.17) is 9.84 Å². The minimum atomic E-state index is -1.25. The molecule has 0 fully saturated rings. The normalized spacial score (nSPS) is 15.7. The van der Waals surface area contributed by atoms with Crippen molar-refractivity contribution >= 4 is 52.1 Å². The summed E-state index contributed by atoms with van der Waals surface area (Å²) in [5.74, 6) is -2.80. The van der Waals surface area contributed by atoms with Gasteiger partial charge >= 0.3 is 5.97 Å². The van der Waals surface area contributed by atoms with E-state index < -0.39 is 42.8 Å². The van der Waals surface area contributed by atoms with Crippen LogP contribution < -0.4 is 20.4 Å². The number of methoxy groups -OCH3 is 1. The van der Waals surface area contributed by atoms with Crippen LogP contribution in [-0.2, 0) is 35.3 Å². The Morgan fingerprint density at radius 3 is 2.45 bits per heavy atom. The fourth-order valence-electron chi connectivity index (χ4n) is 4.65. The van der Waals surface area contributed by atoms with Gasteiger partial charge in [-0.05, 0) is 34.5 Å². The van der Waals surface area contributed by atoms with Gasteiger partial charge in [-0.2, -0.15) is 0 Å². The lowest BCUT2D eigenvalue weighted by atomic mass is 10.1. The SMILES string of the molecule is COCC(=O)N1CC(NCc2ccc3ccccc3c2)C(=O)N(CC(=O)NC(C=O)CC(=O)O)c2ccccc21. The standard InChI is InChI=1S/C29H30N4O7/c1-40-18-27(36)32-15-23(30-14-19-10-11-20-6-2-3-7-21(20)12-19)29(39)33(25-9-5-4-8-24(25)32)16-26(35)31-22(17-34)13-28(37)38/h2-12,17,22-23,30H,13-16,18H2,1H3,(H,31,35)(H,37,38). The van der Waals surface area contributed by atoms with Crippen molar-refractivity contribution in [3.05, 3.63) is 72.3 Å². The molecule has 1 aliphatic rings. The van der Waals surface area contributed by atoms with Crippen molar-refractivity contribution in [1.29, 1.82) is 0 Å². The molecule has 0 bridgehead atoms. The molecule has 2 unspecified atom stereocenters. The molecule has 0 aromatic heterocycles. The molecule has 4 rings (SSSR count). The van der Waals surface area contributed by atoms with Gasteiger partial charge in [-0.25, -0.2) is 0 Å². The second-order valence-electron chi connectivity index (χ2n) is 9.37. The van der Waals surface area contributed by atoms with Gasteiger partial charge in [-0.1, -0.05) is 48.5 Å². The van der Waals surface area contributed by atoms with E-state index in [2.05, 4.69) is 10.6 Å². The highest BCUT2D eigenvalue weighted by atomic mass is 16.5. The Morgan fingerprint density at radius 2 is 1.75 bits per heavy atom. The predicted octanol–water partition coefficient (Wildman–Crippen LogP) is 1.48. The topological polar surface area (TPSA) is 145 Å². The Labute approximate surface area is 230 Å². The number of aldehydes is 1. The largest absolute Gasteiger partial charge is 0.481 e. The van der Waals surface area contributed by atoms with Crippen molar-refractivity contribution in [2.75, 3.05) is 36.6 Å². The minimum Gasteiger partial charge on any atom is -0.481 e. The Balaban J connectivity index is 1.63. The van der Waals surface area contributed by atoms with E-state index in [0.717, 1.165) is 16.3 Å². The number of ether oxygens (including phenoxy) is 1. The van der Waals surface area contributed by atoms with Crippen LogP contribution in [0.2, 0.25) is 0 Å². The molecule has 3 aromatic rings. The molecule has 0 radical (unpaired) electrons.